The average molecular weight is 297 g/mol. The Morgan fingerprint density at radius 2 is 2.18 bits per heavy atom. The molecule has 0 unspecified atom stereocenters. The molecule has 1 saturated heterocycles. The van der Waals surface area contributed by atoms with Crippen molar-refractivity contribution < 1.29 is 0 Å². The number of hydrogen-bond acceptors (Lipinski definition) is 2. The van der Waals surface area contributed by atoms with E-state index in [1.165, 1.54) is 24.1 Å². The smallest absolute Gasteiger partial charge is 0.0412 e. The van der Waals surface area contributed by atoms with Crippen molar-refractivity contribution in [3.63, 3.8) is 0 Å². The summed E-state index contributed by atoms with van der Waals surface area (Å²) in [6.07, 6.45) is 2.59. The molecule has 0 spiro atoms. The molecule has 0 saturated carbocycles. The van der Waals surface area contributed by atoms with Crippen LogP contribution < -0.4 is 10.6 Å². The van der Waals surface area contributed by atoms with Crippen molar-refractivity contribution in [2.75, 3.05) is 18.0 Å². The number of benzene rings is 1. The molecule has 94 valence electrons. The summed E-state index contributed by atoms with van der Waals surface area (Å²) < 4.78 is 1.11. The van der Waals surface area contributed by atoms with Gasteiger partial charge in [-0.2, -0.15) is 0 Å². The molecule has 0 aliphatic carbocycles. The highest BCUT2D eigenvalue weighted by Gasteiger charge is 2.27. The predicted octanol–water partition coefficient (Wildman–Crippen LogP) is 3.53. The van der Waals surface area contributed by atoms with E-state index < -0.39 is 0 Å². The van der Waals surface area contributed by atoms with E-state index in [1.807, 2.05) is 0 Å². The lowest BCUT2D eigenvalue weighted by atomic mass is 9.84. The van der Waals surface area contributed by atoms with Gasteiger partial charge < -0.3 is 10.6 Å². The standard InChI is InChI=1S/C14H21BrN2/c1-14(2)6-3-7-17(10-14)13-5-4-12(15)8-11(13)9-16/h4-5,8H,3,6-7,9-10,16H2,1-2H3. The van der Waals surface area contributed by atoms with Crippen LogP contribution in [-0.4, -0.2) is 13.1 Å². The Kier molecular flexibility index (Phi) is 3.79. The van der Waals surface area contributed by atoms with E-state index in [-0.39, 0.29) is 0 Å². The Hall–Kier alpha value is -0.540. The minimum atomic E-state index is 0.414. The van der Waals surface area contributed by atoms with Gasteiger partial charge in [0.05, 0.1) is 0 Å². The van der Waals surface area contributed by atoms with E-state index in [2.05, 4.69) is 52.9 Å². The van der Waals surface area contributed by atoms with E-state index in [0.717, 1.165) is 17.6 Å². The summed E-state index contributed by atoms with van der Waals surface area (Å²) in [5, 5.41) is 0. The maximum Gasteiger partial charge on any atom is 0.0412 e. The van der Waals surface area contributed by atoms with Crippen LogP contribution in [0.4, 0.5) is 5.69 Å². The molecule has 0 aromatic heterocycles. The second-order valence-electron chi connectivity index (χ2n) is 5.67. The SMILES string of the molecule is CC1(C)CCCN(c2ccc(Br)cc2CN)C1. The normalized spacial score (nSPS) is 19.4. The molecule has 1 aromatic carbocycles. The van der Waals surface area contributed by atoms with Gasteiger partial charge in [-0.3, -0.25) is 0 Å². The van der Waals surface area contributed by atoms with E-state index in [1.54, 1.807) is 0 Å². The highest BCUT2D eigenvalue weighted by Crippen LogP contribution is 2.33. The monoisotopic (exact) mass is 296 g/mol. The number of nitrogens with two attached hydrogens (primary N) is 1. The van der Waals surface area contributed by atoms with Gasteiger partial charge in [0.25, 0.3) is 0 Å². The average Bonchev–Trinajstić information content (AvgIpc) is 2.27. The molecule has 1 aliphatic heterocycles. The lowest BCUT2D eigenvalue weighted by Crippen LogP contribution is -2.40. The van der Waals surface area contributed by atoms with Crippen LogP contribution >= 0.6 is 15.9 Å². The van der Waals surface area contributed by atoms with Gasteiger partial charge in [0.1, 0.15) is 0 Å². The zero-order chi connectivity index (χ0) is 12.5. The van der Waals surface area contributed by atoms with Gasteiger partial charge in [-0.1, -0.05) is 29.8 Å². The molecule has 2 rings (SSSR count). The fourth-order valence-corrected chi connectivity index (χ4v) is 3.06. The molecule has 1 heterocycles. The summed E-state index contributed by atoms with van der Waals surface area (Å²) in [7, 11) is 0. The molecule has 3 heteroatoms. The van der Waals surface area contributed by atoms with E-state index in [9.17, 15) is 0 Å². The number of halogens is 1. The summed E-state index contributed by atoms with van der Waals surface area (Å²) in [6, 6.07) is 6.43. The van der Waals surface area contributed by atoms with Crippen LogP contribution in [0.1, 0.15) is 32.3 Å². The number of piperidine rings is 1. The molecule has 0 atom stereocenters. The van der Waals surface area contributed by atoms with Crippen LogP contribution in [0.3, 0.4) is 0 Å². The van der Waals surface area contributed by atoms with Gasteiger partial charge in [0.2, 0.25) is 0 Å². The van der Waals surface area contributed by atoms with Crippen LogP contribution in [0, 0.1) is 5.41 Å². The first-order valence-corrected chi connectivity index (χ1v) is 7.04. The summed E-state index contributed by atoms with van der Waals surface area (Å²) in [4.78, 5) is 2.48. The summed E-state index contributed by atoms with van der Waals surface area (Å²) >= 11 is 3.51. The molecule has 1 fully saturated rings. The van der Waals surface area contributed by atoms with Gasteiger partial charge >= 0.3 is 0 Å². The van der Waals surface area contributed by atoms with Crippen LogP contribution in [0.2, 0.25) is 0 Å². The van der Waals surface area contributed by atoms with Gasteiger partial charge in [-0.25, -0.2) is 0 Å². The van der Waals surface area contributed by atoms with Crippen LogP contribution in [0.5, 0.6) is 0 Å². The second-order valence-corrected chi connectivity index (χ2v) is 6.58. The van der Waals surface area contributed by atoms with Crippen molar-refractivity contribution in [1.29, 1.82) is 0 Å². The third kappa shape index (κ3) is 3.02. The zero-order valence-electron chi connectivity index (χ0n) is 10.7. The first-order chi connectivity index (χ1) is 8.02. The highest BCUT2D eigenvalue weighted by atomic mass is 79.9. The topological polar surface area (TPSA) is 29.3 Å². The Morgan fingerprint density at radius 1 is 1.41 bits per heavy atom. The maximum absolute atomic E-state index is 5.85. The predicted molar refractivity (Wildman–Crippen MR) is 77.3 cm³/mol. The van der Waals surface area contributed by atoms with Gasteiger partial charge in [0.15, 0.2) is 0 Å². The van der Waals surface area contributed by atoms with Gasteiger partial charge in [0, 0.05) is 29.8 Å². The van der Waals surface area contributed by atoms with Gasteiger partial charge in [-0.05, 0) is 42.0 Å². The van der Waals surface area contributed by atoms with Crippen molar-refractivity contribution in [3.8, 4) is 0 Å². The zero-order valence-corrected chi connectivity index (χ0v) is 12.3. The van der Waals surface area contributed by atoms with E-state index >= 15 is 0 Å². The third-order valence-electron chi connectivity index (χ3n) is 3.50. The molecule has 1 aromatic rings. The number of hydrogen-bond donors (Lipinski definition) is 1. The highest BCUT2D eigenvalue weighted by molar-refractivity contribution is 9.10. The third-order valence-corrected chi connectivity index (χ3v) is 4.00. The van der Waals surface area contributed by atoms with Crippen LogP contribution in [0.25, 0.3) is 0 Å². The lowest BCUT2D eigenvalue weighted by Gasteiger charge is -2.40. The van der Waals surface area contributed by atoms with Gasteiger partial charge in [-0.15, -0.1) is 0 Å². The van der Waals surface area contributed by atoms with Crippen molar-refractivity contribution >= 4 is 21.6 Å². The minimum Gasteiger partial charge on any atom is -0.371 e. The Labute approximate surface area is 112 Å². The molecule has 0 bridgehead atoms. The Bertz CT molecular complexity index is 401. The summed E-state index contributed by atoms with van der Waals surface area (Å²) in [5.41, 5.74) is 8.80. The maximum atomic E-state index is 5.85. The van der Waals surface area contributed by atoms with E-state index in [4.69, 9.17) is 5.73 Å². The Morgan fingerprint density at radius 3 is 2.82 bits per heavy atom. The number of nitrogens with zero attached hydrogens (tertiary/aromatic N) is 1. The lowest BCUT2D eigenvalue weighted by molar-refractivity contribution is 0.293. The molecule has 2 nitrogen and oxygen atoms in total. The fraction of sp³-hybridized carbons (Fsp3) is 0.571. The largest absolute Gasteiger partial charge is 0.371 e. The first kappa shape index (κ1) is 12.9. The molecule has 0 amide bonds. The van der Waals surface area contributed by atoms with Crippen LogP contribution in [0.15, 0.2) is 22.7 Å². The summed E-state index contributed by atoms with van der Waals surface area (Å²) in [6.45, 7) is 7.58. The first-order valence-electron chi connectivity index (χ1n) is 6.25. The van der Waals surface area contributed by atoms with Crippen LogP contribution in [-0.2, 0) is 6.54 Å². The van der Waals surface area contributed by atoms with Crippen molar-refractivity contribution in [1.82, 2.24) is 0 Å². The van der Waals surface area contributed by atoms with Crippen molar-refractivity contribution in [2.24, 2.45) is 11.1 Å². The molecular weight excluding hydrogens is 276 g/mol. The molecule has 0 radical (unpaired) electrons. The summed E-state index contributed by atoms with van der Waals surface area (Å²) in [5.74, 6) is 0. The Balaban J connectivity index is 2.27. The number of rotatable bonds is 2. The van der Waals surface area contributed by atoms with Crippen molar-refractivity contribution in [3.05, 3.63) is 28.2 Å². The molecule has 17 heavy (non-hydrogen) atoms. The second kappa shape index (κ2) is 4.99. The fourth-order valence-electron chi connectivity index (χ4n) is 2.65. The quantitative estimate of drug-likeness (QED) is 0.904. The molecule has 2 N–H and O–H groups in total. The van der Waals surface area contributed by atoms with E-state index in [0.29, 0.717) is 12.0 Å². The number of anilines is 1. The van der Waals surface area contributed by atoms with Crippen molar-refractivity contribution in [2.45, 2.75) is 33.2 Å². The molecule has 1 aliphatic rings. The molecular formula is C14H21BrN2. The minimum absolute atomic E-state index is 0.414.